The molecule has 2 atom stereocenters. The molecule has 0 rings (SSSR count). The molecule has 0 heterocycles. The highest BCUT2D eigenvalue weighted by Crippen LogP contribution is 2.14. The van der Waals surface area contributed by atoms with Crippen LogP contribution >= 0.6 is 0 Å². The molecular formula is C64H106NO8+. The van der Waals surface area contributed by atoms with Gasteiger partial charge < -0.3 is 28.5 Å². The molecule has 0 radical (unpaired) electrons. The van der Waals surface area contributed by atoms with Gasteiger partial charge in [0.1, 0.15) is 13.2 Å². The van der Waals surface area contributed by atoms with Gasteiger partial charge in [-0.1, -0.05) is 206 Å². The predicted molar refractivity (Wildman–Crippen MR) is 308 cm³/mol. The van der Waals surface area contributed by atoms with Gasteiger partial charge in [0, 0.05) is 12.8 Å². The van der Waals surface area contributed by atoms with Gasteiger partial charge in [0.05, 0.1) is 34.4 Å². The van der Waals surface area contributed by atoms with E-state index in [2.05, 4.69) is 135 Å². The lowest BCUT2D eigenvalue weighted by atomic mass is 10.1. The number of esters is 2. The molecule has 0 bridgehead atoms. The minimum absolute atomic E-state index is 0.175. The normalized spacial score (nSPS) is 13.7. The fourth-order valence-electron chi connectivity index (χ4n) is 7.29. The molecule has 0 aromatic carbocycles. The summed E-state index contributed by atoms with van der Waals surface area (Å²) in [4.78, 5) is 37.4. The molecule has 1 N–H and O–H groups in total. The zero-order chi connectivity index (χ0) is 53.4. The second kappa shape index (κ2) is 54.0. The molecule has 0 saturated carbocycles. The number of likely N-dealkylation sites (N-methyl/N-ethyl adjacent to an activating group) is 1. The van der Waals surface area contributed by atoms with Crippen LogP contribution in [-0.2, 0) is 33.3 Å². The van der Waals surface area contributed by atoms with Gasteiger partial charge in [-0.15, -0.1) is 0 Å². The average Bonchev–Trinajstić information content (AvgIpc) is 3.36. The van der Waals surface area contributed by atoms with E-state index in [4.69, 9.17) is 18.9 Å². The number of hydrogen-bond acceptors (Lipinski definition) is 7. The first kappa shape index (κ1) is 68.7. The first-order chi connectivity index (χ1) is 35.6. The van der Waals surface area contributed by atoms with Crippen molar-refractivity contribution < 1.29 is 42.9 Å². The topological polar surface area (TPSA) is 108 Å². The molecule has 0 aliphatic rings. The number of quaternary nitrogens is 1. The van der Waals surface area contributed by atoms with E-state index in [0.29, 0.717) is 17.4 Å². The van der Waals surface area contributed by atoms with E-state index in [-0.39, 0.29) is 38.6 Å². The Morgan fingerprint density at radius 2 is 0.781 bits per heavy atom. The SMILES string of the molecule is CC/C=C\C/C=C\C/C=C\C/C=C\C/C=C\C/C=C\C/C=C\C/C=C\CCCCCCC(=O)OC(COC(=O)CCCCCCCCCCC/C=C\C/C=C\CCCCC)COC(OCC[N+](C)(C)C)C(=O)O. The molecule has 0 aromatic rings. The highest BCUT2D eigenvalue weighted by Gasteiger charge is 2.25. The number of aliphatic carboxylic acids is 1. The van der Waals surface area contributed by atoms with Crippen LogP contribution in [0.3, 0.4) is 0 Å². The Bertz CT molecular complexity index is 1610. The summed E-state index contributed by atoms with van der Waals surface area (Å²) in [5, 5.41) is 9.70. The van der Waals surface area contributed by atoms with Crippen molar-refractivity contribution in [3.05, 3.63) is 122 Å². The molecule has 414 valence electrons. The highest BCUT2D eigenvalue weighted by atomic mass is 16.7. The summed E-state index contributed by atoms with van der Waals surface area (Å²) < 4.78 is 22.8. The van der Waals surface area contributed by atoms with Crippen LogP contribution in [0.5, 0.6) is 0 Å². The fourth-order valence-corrected chi connectivity index (χ4v) is 7.29. The number of carbonyl (C=O) groups is 3. The third-order valence-corrected chi connectivity index (χ3v) is 11.7. The van der Waals surface area contributed by atoms with E-state index >= 15 is 0 Å². The number of carboxylic acid groups (broad SMARTS) is 1. The first-order valence-corrected chi connectivity index (χ1v) is 28.7. The standard InChI is InChI=1S/C64H105NO8/c1-6-8-10-12-14-16-18-20-22-24-26-27-28-29-30-31-32-33-34-35-37-39-41-43-45-47-49-51-53-55-62(67)73-60(59-72-64(63(68)69)70-57-56-65(3,4)5)58-71-61(66)54-52-50-48-46-44-42-40-38-36-25-23-21-19-17-15-13-11-9-7-2/h8,10,14-17,20-23,26-27,29-30,32-33,35,37,41,43,60,64H,6-7,9,11-13,18-19,24-25,28,31,34,36,38-40,42,44-59H2,1-5H3/p+1/b10-8-,16-14-,17-15-,22-20-,23-21-,27-26-,30-29-,33-32-,37-35-,43-41-. The van der Waals surface area contributed by atoms with Crippen LogP contribution < -0.4 is 0 Å². The van der Waals surface area contributed by atoms with Crippen molar-refractivity contribution in [2.45, 2.75) is 219 Å². The minimum Gasteiger partial charge on any atom is -0.477 e. The highest BCUT2D eigenvalue weighted by molar-refractivity contribution is 5.71. The smallest absolute Gasteiger partial charge is 0.361 e. The molecule has 9 heteroatoms. The Balaban J connectivity index is 4.37. The van der Waals surface area contributed by atoms with Crippen molar-refractivity contribution in [3.63, 3.8) is 0 Å². The second-order valence-electron chi connectivity index (χ2n) is 19.9. The Morgan fingerprint density at radius 1 is 0.425 bits per heavy atom. The monoisotopic (exact) mass is 1020 g/mol. The Hall–Kier alpha value is -4.31. The second-order valence-corrected chi connectivity index (χ2v) is 19.9. The van der Waals surface area contributed by atoms with Gasteiger partial charge >= 0.3 is 17.9 Å². The quantitative estimate of drug-likeness (QED) is 0.0211. The van der Waals surface area contributed by atoms with Gasteiger partial charge in [-0.3, -0.25) is 9.59 Å². The molecular weight excluding hydrogens is 911 g/mol. The number of rotatable bonds is 51. The summed E-state index contributed by atoms with van der Waals surface area (Å²) in [5.41, 5.74) is 0. The molecule has 0 spiro atoms. The van der Waals surface area contributed by atoms with Crippen LogP contribution in [0.2, 0.25) is 0 Å². The molecule has 0 aromatic heterocycles. The van der Waals surface area contributed by atoms with Crippen LogP contribution in [0.25, 0.3) is 0 Å². The van der Waals surface area contributed by atoms with Crippen molar-refractivity contribution in [2.75, 3.05) is 47.5 Å². The van der Waals surface area contributed by atoms with Gasteiger partial charge in [0.15, 0.2) is 6.10 Å². The Kier molecular flexibility index (Phi) is 50.8. The van der Waals surface area contributed by atoms with Crippen LogP contribution in [0.1, 0.15) is 206 Å². The Morgan fingerprint density at radius 3 is 1.16 bits per heavy atom. The number of ether oxygens (including phenoxy) is 4. The molecule has 73 heavy (non-hydrogen) atoms. The zero-order valence-corrected chi connectivity index (χ0v) is 47.0. The summed E-state index contributed by atoms with van der Waals surface area (Å²) in [7, 11) is 5.95. The Labute approximate surface area is 447 Å². The van der Waals surface area contributed by atoms with Gasteiger partial charge in [0.25, 0.3) is 6.29 Å². The molecule has 0 saturated heterocycles. The van der Waals surface area contributed by atoms with Gasteiger partial charge in [0.2, 0.25) is 0 Å². The maximum Gasteiger partial charge on any atom is 0.361 e. The summed E-state index contributed by atoms with van der Waals surface area (Å²) >= 11 is 0. The first-order valence-electron chi connectivity index (χ1n) is 28.7. The lowest BCUT2D eigenvalue weighted by Crippen LogP contribution is -2.40. The van der Waals surface area contributed by atoms with E-state index in [0.717, 1.165) is 109 Å². The minimum atomic E-state index is -1.53. The van der Waals surface area contributed by atoms with Crippen molar-refractivity contribution in [3.8, 4) is 0 Å². The predicted octanol–water partition coefficient (Wildman–Crippen LogP) is 16.9. The van der Waals surface area contributed by atoms with Gasteiger partial charge in [-0.2, -0.15) is 0 Å². The molecule has 0 aliphatic heterocycles. The third kappa shape index (κ3) is 55.3. The van der Waals surface area contributed by atoms with Crippen LogP contribution in [0.4, 0.5) is 0 Å². The molecule has 2 unspecified atom stereocenters. The number of nitrogens with zero attached hydrogens (tertiary/aromatic N) is 1. The summed E-state index contributed by atoms with van der Waals surface area (Å²) in [6.07, 6.45) is 72.7. The van der Waals surface area contributed by atoms with Gasteiger partial charge in [-0.25, -0.2) is 4.79 Å². The summed E-state index contributed by atoms with van der Waals surface area (Å²) in [6.45, 7) is 4.69. The number of carbonyl (C=O) groups excluding carboxylic acids is 2. The molecule has 0 aliphatic carbocycles. The molecule has 0 amide bonds. The number of allylic oxidation sites excluding steroid dienone is 20. The van der Waals surface area contributed by atoms with Gasteiger partial charge in [-0.05, 0) is 109 Å². The summed E-state index contributed by atoms with van der Waals surface area (Å²) in [5.74, 6) is -2.06. The maximum atomic E-state index is 12.9. The maximum absolute atomic E-state index is 12.9. The number of hydrogen-bond donors (Lipinski definition) is 1. The summed E-state index contributed by atoms with van der Waals surface area (Å²) in [6, 6.07) is 0. The van der Waals surface area contributed by atoms with E-state index in [1.807, 2.05) is 21.1 Å². The van der Waals surface area contributed by atoms with E-state index in [9.17, 15) is 19.5 Å². The third-order valence-electron chi connectivity index (χ3n) is 11.7. The van der Waals surface area contributed by atoms with Crippen LogP contribution in [0.15, 0.2) is 122 Å². The molecule has 0 fully saturated rings. The van der Waals surface area contributed by atoms with E-state index in [1.54, 1.807) is 0 Å². The average molecular weight is 1020 g/mol. The van der Waals surface area contributed by atoms with Crippen molar-refractivity contribution >= 4 is 17.9 Å². The number of carboxylic acids is 1. The zero-order valence-electron chi connectivity index (χ0n) is 47.0. The van der Waals surface area contributed by atoms with E-state index in [1.165, 1.54) is 64.2 Å². The van der Waals surface area contributed by atoms with Crippen molar-refractivity contribution in [1.29, 1.82) is 0 Å². The fraction of sp³-hybridized carbons (Fsp3) is 0.641. The number of unbranched alkanes of at least 4 members (excludes halogenated alkanes) is 16. The van der Waals surface area contributed by atoms with Crippen molar-refractivity contribution in [2.24, 2.45) is 0 Å². The molecule has 9 nitrogen and oxygen atoms in total. The largest absolute Gasteiger partial charge is 0.477 e. The van der Waals surface area contributed by atoms with E-state index < -0.39 is 24.3 Å². The van der Waals surface area contributed by atoms with Crippen LogP contribution in [0, 0.1) is 0 Å². The van der Waals surface area contributed by atoms with Crippen molar-refractivity contribution in [1.82, 2.24) is 0 Å². The lowest BCUT2D eigenvalue weighted by Gasteiger charge is -2.25. The van der Waals surface area contributed by atoms with Crippen LogP contribution in [-0.4, -0.2) is 87.4 Å². The lowest BCUT2D eigenvalue weighted by molar-refractivity contribution is -0.870.